The fourth-order valence-electron chi connectivity index (χ4n) is 2.05. The number of cyclic esters (lactones) is 1. The number of rotatable bonds is 3. The van der Waals surface area contributed by atoms with E-state index >= 15 is 0 Å². The minimum Gasteiger partial charge on any atom is -0.457 e. The lowest BCUT2D eigenvalue weighted by Gasteiger charge is -2.23. The molecule has 8 heteroatoms. The molecule has 2 saturated heterocycles. The van der Waals surface area contributed by atoms with Gasteiger partial charge in [0.25, 0.3) is 0 Å². The van der Waals surface area contributed by atoms with Crippen molar-refractivity contribution in [3.63, 3.8) is 0 Å². The Morgan fingerprint density at radius 3 is 2.88 bits per heavy atom. The zero-order valence-electron chi connectivity index (χ0n) is 9.44. The van der Waals surface area contributed by atoms with Gasteiger partial charge in [-0.15, -0.1) is 0 Å². The molecule has 0 aromatic rings. The quantitative estimate of drug-likeness (QED) is 0.327. The Morgan fingerprint density at radius 2 is 2.29 bits per heavy atom. The molecule has 17 heavy (non-hydrogen) atoms. The molecule has 0 unspecified atom stereocenters. The highest BCUT2D eigenvalue weighted by atomic mass is 16.8. The second kappa shape index (κ2) is 4.15. The van der Waals surface area contributed by atoms with Crippen molar-refractivity contribution >= 4 is 5.97 Å². The average Bonchev–Trinajstić information content (AvgIpc) is 2.71. The molecular formula is C9H13N3O5. The maximum atomic E-state index is 11.5. The Morgan fingerprint density at radius 1 is 1.59 bits per heavy atom. The molecule has 0 saturated carbocycles. The summed E-state index contributed by atoms with van der Waals surface area (Å²) in [7, 11) is 0. The number of nitrogens with zero attached hydrogens (tertiary/aromatic N) is 3. The van der Waals surface area contributed by atoms with Gasteiger partial charge in [0, 0.05) is 4.91 Å². The molecule has 0 spiro atoms. The van der Waals surface area contributed by atoms with Gasteiger partial charge in [-0.1, -0.05) is 5.11 Å². The van der Waals surface area contributed by atoms with Crippen molar-refractivity contribution in [3.8, 4) is 0 Å². The minimum atomic E-state index is -0.886. The van der Waals surface area contributed by atoms with Gasteiger partial charge in [0.1, 0.15) is 18.2 Å². The van der Waals surface area contributed by atoms with Gasteiger partial charge < -0.3 is 19.3 Å². The molecule has 0 radical (unpaired) electrons. The number of fused-ring (bicyclic) bond motifs is 1. The monoisotopic (exact) mass is 243 g/mol. The average molecular weight is 243 g/mol. The van der Waals surface area contributed by atoms with Gasteiger partial charge in [-0.3, -0.25) is 0 Å². The van der Waals surface area contributed by atoms with E-state index < -0.39 is 42.7 Å². The van der Waals surface area contributed by atoms with Crippen molar-refractivity contribution in [2.24, 2.45) is 5.11 Å². The van der Waals surface area contributed by atoms with Crippen LogP contribution in [0.4, 0.5) is 0 Å². The number of hydrogen-bond donors (Lipinski definition) is 1. The van der Waals surface area contributed by atoms with E-state index in [0.29, 0.717) is 0 Å². The summed E-state index contributed by atoms with van der Waals surface area (Å²) in [6.45, 7) is 2.93. The van der Waals surface area contributed by atoms with Crippen molar-refractivity contribution in [3.05, 3.63) is 10.4 Å². The lowest BCUT2D eigenvalue weighted by molar-refractivity contribution is -0.188. The summed E-state index contributed by atoms with van der Waals surface area (Å²) in [5.41, 5.74) is 8.37. The Hall–Kier alpha value is -1.34. The molecule has 0 aliphatic carbocycles. The smallest absolute Gasteiger partial charge is 0.338 e. The lowest BCUT2D eigenvalue weighted by atomic mass is 10.1. The van der Waals surface area contributed by atoms with Gasteiger partial charge in [0.2, 0.25) is 0 Å². The van der Waals surface area contributed by atoms with Crippen molar-refractivity contribution in [1.29, 1.82) is 0 Å². The van der Waals surface area contributed by atoms with Gasteiger partial charge in [0.15, 0.2) is 11.9 Å². The van der Waals surface area contributed by atoms with E-state index in [1.807, 2.05) is 0 Å². The molecule has 1 N–H and O–H groups in total. The molecule has 4 atom stereocenters. The number of hydrogen-bond acceptors (Lipinski definition) is 6. The number of carbonyl (C=O) groups is 1. The van der Waals surface area contributed by atoms with Crippen molar-refractivity contribution < 1.29 is 24.1 Å². The fraction of sp³-hybridized carbons (Fsp3) is 0.889. The molecule has 2 aliphatic rings. The SMILES string of the molecule is CC1(C)O[C@H]2[C@@H]([C@H](CO)N=[N+]=[N-])OC(=O)[C@H]2O1. The first-order valence-corrected chi connectivity index (χ1v) is 5.19. The van der Waals surface area contributed by atoms with E-state index in [0.717, 1.165) is 0 Å². The van der Waals surface area contributed by atoms with Crippen LogP contribution in [0.15, 0.2) is 5.11 Å². The number of aliphatic hydroxyl groups excluding tert-OH is 1. The van der Waals surface area contributed by atoms with Gasteiger partial charge in [-0.05, 0) is 19.4 Å². The highest BCUT2D eigenvalue weighted by molar-refractivity contribution is 5.78. The first kappa shape index (κ1) is 12.1. The molecule has 2 rings (SSSR count). The van der Waals surface area contributed by atoms with E-state index in [-0.39, 0.29) is 0 Å². The van der Waals surface area contributed by atoms with E-state index in [1.54, 1.807) is 13.8 Å². The Balaban J connectivity index is 2.20. The topological polar surface area (TPSA) is 114 Å². The van der Waals surface area contributed by atoms with E-state index in [2.05, 4.69) is 10.0 Å². The lowest BCUT2D eigenvalue weighted by Crippen LogP contribution is -2.39. The Bertz CT molecular complexity index is 379. The van der Waals surface area contributed by atoms with Crippen molar-refractivity contribution in [2.75, 3.05) is 6.61 Å². The zero-order valence-corrected chi connectivity index (χ0v) is 9.44. The van der Waals surface area contributed by atoms with Crippen LogP contribution in [-0.2, 0) is 19.0 Å². The standard InChI is InChI=1S/C9H13N3O5/c1-9(2)16-6-5(4(3-13)11-12-10)15-8(14)7(6)17-9/h4-7,13H,3H2,1-2H3/t4-,5+,6-,7-/m0/s1. The second-order valence-electron chi connectivity index (χ2n) is 4.38. The predicted molar refractivity (Wildman–Crippen MR) is 53.7 cm³/mol. The maximum Gasteiger partial charge on any atom is 0.338 e. The molecule has 94 valence electrons. The number of esters is 1. The van der Waals surface area contributed by atoms with E-state index in [4.69, 9.17) is 24.8 Å². The van der Waals surface area contributed by atoms with Crippen LogP contribution in [0, 0.1) is 0 Å². The molecule has 0 bridgehead atoms. The summed E-state index contributed by atoms with van der Waals surface area (Å²) in [4.78, 5) is 14.1. The third kappa shape index (κ3) is 2.07. The summed E-state index contributed by atoms with van der Waals surface area (Å²) in [6.07, 6.45) is -2.28. The largest absolute Gasteiger partial charge is 0.457 e. The van der Waals surface area contributed by atoms with Crippen LogP contribution in [0.2, 0.25) is 0 Å². The van der Waals surface area contributed by atoms with Gasteiger partial charge >= 0.3 is 5.97 Å². The van der Waals surface area contributed by atoms with Crippen molar-refractivity contribution in [1.82, 2.24) is 0 Å². The summed E-state index contributed by atoms with van der Waals surface area (Å²) in [5.74, 6) is -1.44. The fourth-order valence-corrected chi connectivity index (χ4v) is 2.05. The van der Waals surface area contributed by atoms with Crippen LogP contribution in [0.5, 0.6) is 0 Å². The third-order valence-electron chi connectivity index (χ3n) is 2.70. The van der Waals surface area contributed by atoms with Crippen LogP contribution >= 0.6 is 0 Å². The molecular weight excluding hydrogens is 230 g/mol. The van der Waals surface area contributed by atoms with Crippen LogP contribution in [0.3, 0.4) is 0 Å². The normalized spacial score (nSPS) is 35.9. The van der Waals surface area contributed by atoms with Crippen LogP contribution in [-0.4, -0.2) is 47.8 Å². The maximum absolute atomic E-state index is 11.5. The summed E-state index contributed by atoms with van der Waals surface area (Å²) in [6, 6.07) is -0.864. The summed E-state index contributed by atoms with van der Waals surface area (Å²) < 4.78 is 15.9. The minimum absolute atomic E-state index is 0.422. The van der Waals surface area contributed by atoms with Gasteiger partial charge in [0.05, 0.1) is 6.61 Å². The Kier molecular flexibility index (Phi) is 2.96. The zero-order chi connectivity index (χ0) is 12.6. The molecule has 8 nitrogen and oxygen atoms in total. The number of carbonyl (C=O) groups excluding carboxylic acids is 1. The van der Waals surface area contributed by atoms with Gasteiger partial charge in [-0.2, -0.15) is 0 Å². The van der Waals surface area contributed by atoms with E-state index in [9.17, 15) is 4.79 Å². The molecule has 2 fully saturated rings. The highest BCUT2D eigenvalue weighted by Crippen LogP contribution is 2.37. The summed E-state index contributed by atoms with van der Waals surface area (Å²) in [5, 5.41) is 12.5. The predicted octanol–water partition coefficient (Wildman–Crippen LogP) is 0.103. The van der Waals surface area contributed by atoms with Crippen LogP contribution < -0.4 is 0 Å². The second-order valence-corrected chi connectivity index (χ2v) is 4.38. The highest BCUT2D eigenvalue weighted by Gasteiger charge is 2.57. The van der Waals surface area contributed by atoms with E-state index in [1.165, 1.54) is 0 Å². The van der Waals surface area contributed by atoms with Crippen molar-refractivity contribution in [2.45, 2.75) is 44.0 Å². The molecule has 2 aliphatic heterocycles. The number of azide groups is 1. The first-order valence-electron chi connectivity index (χ1n) is 5.19. The van der Waals surface area contributed by atoms with Crippen LogP contribution in [0.1, 0.15) is 13.8 Å². The van der Waals surface area contributed by atoms with Crippen LogP contribution in [0.25, 0.3) is 10.4 Å². The number of ether oxygens (including phenoxy) is 3. The number of aliphatic hydroxyl groups is 1. The Labute approximate surface area is 97.1 Å². The molecule has 0 amide bonds. The third-order valence-corrected chi connectivity index (χ3v) is 2.70. The molecule has 2 heterocycles. The molecule has 0 aromatic heterocycles. The first-order chi connectivity index (χ1) is 7.98. The molecule has 0 aromatic carbocycles. The summed E-state index contributed by atoms with van der Waals surface area (Å²) >= 11 is 0. The van der Waals surface area contributed by atoms with Gasteiger partial charge in [-0.25, -0.2) is 4.79 Å².